The van der Waals surface area contributed by atoms with Gasteiger partial charge in [0.25, 0.3) is 0 Å². The van der Waals surface area contributed by atoms with Gasteiger partial charge in [-0.25, -0.2) is 4.79 Å². The van der Waals surface area contributed by atoms with E-state index in [0.717, 1.165) is 24.9 Å². The molecule has 1 saturated carbocycles. The maximum Gasteiger partial charge on any atom is 0.328 e. The van der Waals surface area contributed by atoms with Crippen LogP contribution in [-0.4, -0.2) is 41.8 Å². The number of carbonyl (C=O) groups excluding carboxylic acids is 1. The molecule has 1 aromatic rings. The van der Waals surface area contributed by atoms with Crippen LogP contribution >= 0.6 is 0 Å². The van der Waals surface area contributed by atoms with E-state index in [0.29, 0.717) is 19.1 Å². The molecule has 1 aliphatic carbocycles. The number of aliphatic hydroxyl groups is 1. The predicted molar refractivity (Wildman–Crippen MR) is 81.9 cm³/mol. The standard InChI is InChI=1S/C17H25NO3/c1-2-21-17(20)16(14-8-4-3-5-9-14)18(12-7-13-19)15-10-6-11-15/h3-5,8-9,15-16,19H,2,6-7,10-13H2,1H3. The minimum absolute atomic E-state index is 0.146. The average Bonchev–Trinajstić information content (AvgIpc) is 2.44. The number of esters is 1. The van der Waals surface area contributed by atoms with Crippen LogP contribution < -0.4 is 0 Å². The lowest BCUT2D eigenvalue weighted by atomic mass is 9.89. The number of hydrogen-bond donors (Lipinski definition) is 1. The number of hydrogen-bond acceptors (Lipinski definition) is 4. The molecule has 21 heavy (non-hydrogen) atoms. The highest BCUT2D eigenvalue weighted by Crippen LogP contribution is 2.33. The molecular weight excluding hydrogens is 266 g/mol. The van der Waals surface area contributed by atoms with Crippen molar-refractivity contribution in [1.29, 1.82) is 0 Å². The Morgan fingerprint density at radius 1 is 1.38 bits per heavy atom. The lowest BCUT2D eigenvalue weighted by molar-refractivity contribution is -0.152. The van der Waals surface area contributed by atoms with Crippen molar-refractivity contribution in [3.8, 4) is 0 Å². The summed E-state index contributed by atoms with van der Waals surface area (Å²) in [6, 6.07) is 9.87. The van der Waals surface area contributed by atoms with Crippen molar-refractivity contribution in [2.24, 2.45) is 0 Å². The van der Waals surface area contributed by atoms with Crippen LogP contribution in [0, 0.1) is 0 Å². The molecule has 0 radical (unpaired) electrons. The van der Waals surface area contributed by atoms with E-state index in [4.69, 9.17) is 9.84 Å². The highest BCUT2D eigenvalue weighted by molar-refractivity contribution is 5.77. The molecule has 0 amide bonds. The first-order valence-corrected chi connectivity index (χ1v) is 7.86. The summed E-state index contributed by atoms with van der Waals surface area (Å²) >= 11 is 0. The molecule has 2 rings (SSSR count). The molecule has 0 aromatic heterocycles. The van der Waals surface area contributed by atoms with Gasteiger partial charge in [0.2, 0.25) is 0 Å². The fourth-order valence-corrected chi connectivity index (χ4v) is 2.81. The van der Waals surface area contributed by atoms with Crippen molar-refractivity contribution < 1.29 is 14.6 Å². The Balaban J connectivity index is 2.23. The van der Waals surface area contributed by atoms with E-state index in [9.17, 15) is 4.79 Å². The number of nitrogens with zero attached hydrogens (tertiary/aromatic N) is 1. The molecule has 1 N–H and O–H groups in total. The summed E-state index contributed by atoms with van der Waals surface area (Å²) in [6.07, 6.45) is 4.13. The quantitative estimate of drug-likeness (QED) is 0.748. The summed E-state index contributed by atoms with van der Waals surface area (Å²) in [5.74, 6) is -0.187. The second kappa shape index (κ2) is 8.15. The lowest BCUT2D eigenvalue weighted by Crippen LogP contribution is -2.46. The number of benzene rings is 1. The molecule has 116 valence electrons. The zero-order chi connectivity index (χ0) is 15.1. The topological polar surface area (TPSA) is 49.8 Å². The summed E-state index contributed by atoms with van der Waals surface area (Å²) in [4.78, 5) is 14.7. The van der Waals surface area contributed by atoms with Crippen LogP contribution in [0.1, 0.15) is 44.2 Å². The van der Waals surface area contributed by atoms with E-state index in [2.05, 4.69) is 4.90 Å². The van der Waals surface area contributed by atoms with Crippen molar-refractivity contribution in [2.75, 3.05) is 19.8 Å². The number of carbonyl (C=O) groups is 1. The molecule has 0 bridgehead atoms. The Morgan fingerprint density at radius 2 is 2.10 bits per heavy atom. The number of aliphatic hydroxyl groups excluding tert-OH is 1. The monoisotopic (exact) mass is 291 g/mol. The first-order chi connectivity index (χ1) is 10.3. The third-order valence-corrected chi connectivity index (χ3v) is 4.07. The van der Waals surface area contributed by atoms with Gasteiger partial charge in [-0.05, 0) is 31.7 Å². The Kier molecular flexibility index (Phi) is 6.21. The Morgan fingerprint density at radius 3 is 2.62 bits per heavy atom. The van der Waals surface area contributed by atoms with E-state index in [1.54, 1.807) is 0 Å². The van der Waals surface area contributed by atoms with Crippen LogP contribution in [0.3, 0.4) is 0 Å². The first kappa shape index (κ1) is 16.0. The van der Waals surface area contributed by atoms with Gasteiger partial charge in [-0.1, -0.05) is 36.8 Å². The van der Waals surface area contributed by atoms with Gasteiger partial charge in [0.1, 0.15) is 6.04 Å². The van der Waals surface area contributed by atoms with E-state index in [1.807, 2.05) is 37.3 Å². The van der Waals surface area contributed by atoms with Crippen LogP contribution in [0.15, 0.2) is 30.3 Å². The molecule has 1 fully saturated rings. The largest absolute Gasteiger partial charge is 0.465 e. The average molecular weight is 291 g/mol. The summed E-state index contributed by atoms with van der Waals surface area (Å²) in [7, 11) is 0. The van der Waals surface area contributed by atoms with E-state index in [-0.39, 0.29) is 18.6 Å². The zero-order valence-electron chi connectivity index (χ0n) is 12.7. The van der Waals surface area contributed by atoms with Gasteiger partial charge >= 0.3 is 5.97 Å². The van der Waals surface area contributed by atoms with Crippen molar-refractivity contribution in [3.63, 3.8) is 0 Å². The summed E-state index contributed by atoms with van der Waals surface area (Å²) in [5, 5.41) is 9.14. The molecule has 1 aliphatic rings. The van der Waals surface area contributed by atoms with E-state index >= 15 is 0 Å². The van der Waals surface area contributed by atoms with E-state index in [1.165, 1.54) is 6.42 Å². The number of rotatable bonds is 8. The molecule has 0 aliphatic heterocycles. The minimum Gasteiger partial charge on any atom is -0.465 e. The molecule has 0 spiro atoms. The normalized spacial score (nSPS) is 16.5. The van der Waals surface area contributed by atoms with Gasteiger partial charge < -0.3 is 9.84 Å². The third-order valence-electron chi connectivity index (χ3n) is 4.07. The minimum atomic E-state index is -0.358. The smallest absolute Gasteiger partial charge is 0.328 e. The molecular formula is C17H25NO3. The Hall–Kier alpha value is -1.39. The van der Waals surface area contributed by atoms with E-state index < -0.39 is 0 Å². The maximum atomic E-state index is 12.5. The van der Waals surface area contributed by atoms with Gasteiger partial charge in [-0.15, -0.1) is 0 Å². The van der Waals surface area contributed by atoms with Gasteiger partial charge in [-0.3, -0.25) is 4.90 Å². The van der Waals surface area contributed by atoms with Crippen LogP contribution in [0.2, 0.25) is 0 Å². The van der Waals surface area contributed by atoms with Crippen LogP contribution in [-0.2, 0) is 9.53 Å². The fraction of sp³-hybridized carbons (Fsp3) is 0.588. The van der Waals surface area contributed by atoms with Crippen molar-refractivity contribution >= 4 is 5.97 Å². The van der Waals surface area contributed by atoms with Gasteiger partial charge in [0.05, 0.1) is 6.61 Å². The molecule has 0 heterocycles. The third kappa shape index (κ3) is 4.05. The molecule has 0 saturated heterocycles. The van der Waals surface area contributed by atoms with Crippen molar-refractivity contribution in [2.45, 2.75) is 44.7 Å². The van der Waals surface area contributed by atoms with Gasteiger partial charge in [0.15, 0.2) is 0 Å². The SMILES string of the molecule is CCOC(=O)C(c1ccccc1)N(CCCO)C1CCC1. The Labute approximate surface area is 126 Å². The molecule has 1 unspecified atom stereocenters. The molecule has 4 heteroatoms. The zero-order valence-corrected chi connectivity index (χ0v) is 12.7. The lowest BCUT2D eigenvalue weighted by Gasteiger charge is -2.41. The summed E-state index contributed by atoms with van der Waals surface area (Å²) in [6.45, 7) is 3.09. The highest BCUT2D eigenvalue weighted by atomic mass is 16.5. The second-order valence-electron chi connectivity index (χ2n) is 5.46. The molecule has 1 atom stereocenters. The van der Waals surface area contributed by atoms with Crippen LogP contribution in [0.25, 0.3) is 0 Å². The van der Waals surface area contributed by atoms with Crippen molar-refractivity contribution in [3.05, 3.63) is 35.9 Å². The first-order valence-electron chi connectivity index (χ1n) is 7.86. The van der Waals surface area contributed by atoms with Crippen LogP contribution in [0.5, 0.6) is 0 Å². The predicted octanol–water partition coefficient (Wildman–Crippen LogP) is 2.53. The molecule has 4 nitrogen and oxygen atoms in total. The second-order valence-corrected chi connectivity index (χ2v) is 5.46. The maximum absolute atomic E-state index is 12.5. The summed E-state index contributed by atoms with van der Waals surface area (Å²) < 4.78 is 5.30. The Bertz CT molecular complexity index is 431. The fourth-order valence-electron chi connectivity index (χ4n) is 2.81. The summed E-state index contributed by atoms with van der Waals surface area (Å²) in [5.41, 5.74) is 0.973. The van der Waals surface area contributed by atoms with Gasteiger partial charge in [-0.2, -0.15) is 0 Å². The molecule has 1 aromatic carbocycles. The van der Waals surface area contributed by atoms with Crippen molar-refractivity contribution in [1.82, 2.24) is 4.90 Å². The van der Waals surface area contributed by atoms with Gasteiger partial charge in [0, 0.05) is 19.2 Å². The number of ether oxygens (including phenoxy) is 1. The van der Waals surface area contributed by atoms with Crippen LogP contribution in [0.4, 0.5) is 0 Å². The highest BCUT2D eigenvalue weighted by Gasteiger charge is 2.35.